The molecule has 4 rings (SSSR count). The molecule has 0 aromatic heterocycles. The molecule has 0 heterocycles. The Kier molecular flexibility index (Phi) is 6.02. The minimum Gasteiger partial charge on any atom is -0.392 e. The van der Waals surface area contributed by atoms with Gasteiger partial charge in [-0.1, -0.05) is 91.0 Å². The summed E-state index contributed by atoms with van der Waals surface area (Å²) in [4.78, 5) is 13.2. The molecule has 2 nitrogen and oxygen atoms in total. The van der Waals surface area contributed by atoms with Gasteiger partial charge < -0.3 is 5.11 Å². The molecule has 1 aliphatic rings. The van der Waals surface area contributed by atoms with E-state index in [1.807, 2.05) is 48.5 Å². The van der Waals surface area contributed by atoms with E-state index in [-0.39, 0.29) is 18.4 Å². The van der Waals surface area contributed by atoms with Crippen LogP contribution in [0.1, 0.15) is 41.0 Å². The number of aliphatic hydroxyl groups is 1. The second-order valence-electron chi connectivity index (χ2n) is 7.75. The van der Waals surface area contributed by atoms with Gasteiger partial charge in [-0.3, -0.25) is 4.79 Å². The largest absolute Gasteiger partial charge is 0.392 e. The van der Waals surface area contributed by atoms with Crippen molar-refractivity contribution in [3.63, 3.8) is 0 Å². The number of aryl methyl sites for hydroxylation is 1. The Morgan fingerprint density at radius 1 is 0.828 bits per heavy atom. The predicted molar refractivity (Wildman–Crippen MR) is 117 cm³/mol. The van der Waals surface area contributed by atoms with E-state index in [0.717, 1.165) is 18.4 Å². The Bertz CT molecular complexity index is 972. The zero-order valence-corrected chi connectivity index (χ0v) is 16.5. The van der Waals surface area contributed by atoms with Gasteiger partial charge in [0.1, 0.15) is 5.78 Å². The molecule has 0 radical (unpaired) electrons. The van der Waals surface area contributed by atoms with Crippen molar-refractivity contribution in [3.05, 3.63) is 113 Å². The number of hydrogen-bond acceptors (Lipinski definition) is 2. The third-order valence-electron chi connectivity index (χ3n) is 5.86. The SMILES string of the molecule is O=C(CCc1ccccc1)C1C=C(c2ccccc2)CC1c1ccc(CO)cc1. The van der Waals surface area contributed by atoms with Crippen LogP contribution in [0.25, 0.3) is 5.57 Å². The Morgan fingerprint density at radius 2 is 1.48 bits per heavy atom. The molecule has 2 heteroatoms. The first-order valence-electron chi connectivity index (χ1n) is 10.3. The van der Waals surface area contributed by atoms with Gasteiger partial charge in [-0.15, -0.1) is 0 Å². The third kappa shape index (κ3) is 4.55. The molecule has 3 aromatic carbocycles. The lowest BCUT2D eigenvalue weighted by Crippen LogP contribution is -2.18. The number of hydrogen-bond donors (Lipinski definition) is 1. The minimum absolute atomic E-state index is 0.0396. The second kappa shape index (κ2) is 9.02. The maximum Gasteiger partial charge on any atom is 0.140 e. The van der Waals surface area contributed by atoms with Crippen molar-refractivity contribution in [2.75, 3.05) is 0 Å². The number of aliphatic hydroxyl groups excluding tert-OH is 1. The molecule has 0 saturated heterocycles. The van der Waals surface area contributed by atoms with Crippen molar-refractivity contribution in [2.24, 2.45) is 5.92 Å². The van der Waals surface area contributed by atoms with Crippen LogP contribution in [0.15, 0.2) is 91.0 Å². The summed E-state index contributed by atoms with van der Waals surface area (Å²) in [7, 11) is 0. The zero-order chi connectivity index (χ0) is 20.1. The summed E-state index contributed by atoms with van der Waals surface area (Å²) in [5, 5.41) is 9.34. The summed E-state index contributed by atoms with van der Waals surface area (Å²) in [6, 6.07) is 28.6. The van der Waals surface area contributed by atoms with Crippen molar-refractivity contribution in [3.8, 4) is 0 Å². The van der Waals surface area contributed by atoms with Crippen LogP contribution in [-0.2, 0) is 17.8 Å². The number of allylic oxidation sites excluding steroid dienone is 2. The van der Waals surface area contributed by atoms with Gasteiger partial charge in [0.15, 0.2) is 0 Å². The first-order valence-corrected chi connectivity index (χ1v) is 10.3. The van der Waals surface area contributed by atoms with Crippen LogP contribution >= 0.6 is 0 Å². The van der Waals surface area contributed by atoms with Crippen molar-refractivity contribution in [1.29, 1.82) is 0 Å². The molecule has 1 N–H and O–H groups in total. The minimum atomic E-state index is -0.103. The zero-order valence-electron chi connectivity index (χ0n) is 16.5. The van der Waals surface area contributed by atoms with E-state index in [9.17, 15) is 9.90 Å². The molecule has 0 bridgehead atoms. The molecule has 0 saturated carbocycles. The van der Waals surface area contributed by atoms with E-state index in [0.29, 0.717) is 12.2 Å². The van der Waals surface area contributed by atoms with Crippen LogP contribution in [-0.4, -0.2) is 10.9 Å². The van der Waals surface area contributed by atoms with E-state index < -0.39 is 0 Å². The summed E-state index contributed by atoms with van der Waals surface area (Å²) in [5.41, 5.74) is 5.72. The fourth-order valence-electron chi connectivity index (χ4n) is 4.22. The smallest absolute Gasteiger partial charge is 0.140 e. The summed E-state index contributed by atoms with van der Waals surface area (Å²) in [6.07, 6.45) is 4.39. The average molecular weight is 383 g/mol. The van der Waals surface area contributed by atoms with Crippen molar-refractivity contribution in [2.45, 2.75) is 31.8 Å². The van der Waals surface area contributed by atoms with Gasteiger partial charge in [0.25, 0.3) is 0 Å². The summed E-state index contributed by atoms with van der Waals surface area (Å²) >= 11 is 0. The molecular weight excluding hydrogens is 356 g/mol. The third-order valence-corrected chi connectivity index (χ3v) is 5.86. The molecular formula is C27H26O2. The number of Topliss-reactive ketones (excluding diaryl/α,β-unsaturated/α-hetero) is 1. The summed E-state index contributed by atoms with van der Waals surface area (Å²) in [5.74, 6) is 0.353. The second-order valence-corrected chi connectivity index (χ2v) is 7.75. The highest BCUT2D eigenvalue weighted by Gasteiger charge is 2.33. The number of benzene rings is 3. The van der Waals surface area contributed by atoms with Crippen molar-refractivity contribution < 1.29 is 9.90 Å². The highest BCUT2D eigenvalue weighted by Crippen LogP contribution is 2.43. The Labute approximate surface area is 172 Å². The standard InChI is InChI=1S/C27H26O2/c28-19-21-11-14-23(15-12-21)25-17-24(22-9-5-2-6-10-22)18-26(25)27(29)16-13-20-7-3-1-4-8-20/h1-12,14-15,18,25-26,28H,13,16-17,19H2. The monoisotopic (exact) mass is 382 g/mol. The summed E-state index contributed by atoms with van der Waals surface area (Å²) in [6.45, 7) is 0.0396. The maximum absolute atomic E-state index is 13.2. The topological polar surface area (TPSA) is 37.3 Å². The summed E-state index contributed by atoms with van der Waals surface area (Å²) < 4.78 is 0. The van der Waals surface area contributed by atoms with Crippen molar-refractivity contribution >= 4 is 11.4 Å². The molecule has 1 aliphatic carbocycles. The highest BCUT2D eigenvalue weighted by atomic mass is 16.3. The lowest BCUT2D eigenvalue weighted by atomic mass is 9.83. The lowest BCUT2D eigenvalue weighted by molar-refractivity contribution is -0.121. The van der Waals surface area contributed by atoms with E-state index in [2.05, 4.69) is 42.5 Å². The number of rotatable bonds is 7. The van der Waals surface area contributed by atoms with Crippen LogP contribution in [0.3, 0.4) is 0 Å². The van der Waals surface area contributed by atoms with Gasteiger partial charge in [0, 0.05) is 18.3 Å². The lowest BCUT2D eigenvalue weighted by Gasteiger charge is -2.19. The van der Waals surface area contributed by atoms with Crippen molar-refractivity contribution in [1.82, 2.24) is 0 Å². The van der Waals surface area contributed by atoms with Gasteiger partial charge in [0.05, 0.1) is 6.61 Å². The molecule has 0 fully saturated rings. The molecule has 0 aliphatic heterocycles. The normalized spacial score (nSPS) is 18.4. The Balaban J connectivity index is 1.57. The van der Waals surface area contributed by atoms with Gasteiger partial charge in [0.2, 0.25) is 0 Å². The molecule has 146 valence electrons. The average Bonchev–Trinajstić information content (AvgIpc) is 3.24. The fraction of sp³-hybridized carbons (Fsp3) is 0.222. The molecule has 0 spiro atoms. The Hall–Kier alpha value is -2.97. The molecule has 2 unspecified atom stereocenters. The molecule has 2 atom stereocenters. The van der Waals surface area contributed by atoms with E-state index >= 15 is 0 Å². The number of carbonyl (C=O) groups is 1. The van der Waals surface area contributed by atoms with Crippen LogP contribution in [0.2, 0.25) is 0 Å². The van der Waals surface area contributed by atoms with Gasteiger partial charge in [-0.05, 0) is 40.7 Å². The van der Waals surface area contributed by atoms with Crippen LogP contribution in [0, 0.1) is 5.92 Å². The predicted octanol–water partition coefficient (Wildman–Crippen LogP) is 5.57. The maximum atomic E-state index is 13.2. The number of carbonyl (C=O) groups excluding carboxylic acids is 1. The molecule has 29 heavy (non-hydrogen) atoms. The molecule has 0 amide bonds. The quantitative estimate of drug-likeness (QED) is 0.580. The van der Waals surface area contributed by atoms with Gasteiger partial charge in [-0.25, -0.2) is 0 Å². The molecule has 3 aromatic rings. The van der Waals surface area contributed by atoms with E-state index in [1.165, 1.54) is 22.3 Å². The first kappa shape index (κ1) is 19.4. The van der Waals surface area contributed by atoms with Gasteiger partial charge >= 0.3 is 0 Å². The van der Waals surface area contributed by atoms with Crippen LogP contribution < -0.4 is 0 Å². The highest BCUT2D eigenvalue weighted by molar-refractivity contribution is 5.88. The van der Waals surface area contributed by atoms with Crippen LogP contribution in [0.4, 0.5) is 0 Å². The first-order chi connectivity index (χ1) is 14.2. The fourth-order valence-corrected chi connectivity index (χ4v) is 4.22. The van der Waals surface area contributed by atoms with Crippen LogP contribution in [0.5, 0.6) is 0 Å². The van der Waals surface area contributed by atoms with Gasteiger partial charge in [-0.2, -0.15) is 0 Å². The Morgan fingerprint density at radius 3 is 2.14 bits per heavy atom. The van der Waals surface area contributed by atoms with E-state index in [4.69, 9.17) is 0 Å². The van der Waals surface area contributed by atoms with E-state index in [1.54, 1.807) is 0 Å². The number of ketones is 1.